The highest BCUT2D eigenvalue weighted by atomic mass is 19.1. The van der Waals surface area contributed by atoms with Crippen molar-refractivity contribution in [3.05, 3.63) is 65.1 Å². The molecule has 1 amide bonds. The van der Waals surface area contributed by atoms with Gasteiger partial charge in [-0.25, -0.2) is 4.39 Å². The van der Waals surface area contributed by atoms with Crippen LogP contribution in [0, 0.1) is 11.7 Å². The zero-order valence-corrected chi connectivity index (χ0v) is 20.6. The van der Waals surface area contributed by atoms with Crippen molar-refractivity contribution in [2.45, 2.75) is 57.0 Å². The van der Waals surface area contributed by atoms with E-state index in [2.05, 4.69) is 33.8 Å². The van der Waals surface area contributed by atoms with Crippen LogP contribution in [0.25, 0.3) is 10.9 Å². The molecule has 3 heterocycles. The molecule has 1 spiro atoms. The number of hydrogen-bond donors (Lipinski definition) is 1. The van der Waals surface area contributed by atoms with Crippen molar-refractivity contribution in [1.29, 1.82) is 0 Å². The van der Waals surface area contributed by atoms with E-state index in [0.29, 0.717) is 12.5 Å². The summed E-state index contributed by atoms with van der Waals surface area (Å²) in [7, 11) is 1.69. The van der Waals surface area contributed by atoms with Crippen LogP contribution < -0.4 is 4.74 Å². The minimum atomic E-state index is -0.151. The number of nitrogens with one attached hydrogen (secondary N) is 1. The van der Waals surface area contributed by atoms with Crippen LogP contribution in [-0.4, -0.2) is 47.4 Å². The molecule has 1 saturated heterocycles. The number of rotatable bonds is 4. The van der Waals surface area contributed by atoms with Crippen LogP contribution in [0.15, 0.2) is 42.5 Å². The Balaban J connectivity index is 1.38. The topological polar surface area (TPSA) is 48.6 Å². The van der Waals surface area contributed by atoms with Crippen LogP contribution in [0.3, 0.4) is 0 Å². The number of likely N-dealkylation sites (tertiary alicyclic amines) is 1. The van der Waals surface area contributed by atoms with E-state index in [1.165, 1.54) is 23.1 Å². The zero-order chi connectivity index (χ0) is 24.2. The molecule has 1 N–H and O–H groups in total. The van der Waals surface area contributed by atoms with Gasteiger partial charge >= 0.3 is 0 Å². The maximum Gasteiger partial charge on any atom is 0.225 e. The Bertz CT molecular complexity index is 1260. The van der Waals surface area contributed by atoms with Crippen molar-refractivity contribution < 1.29 is 13.9 Å². The molecular weight excluding hydrogens is 441 g/mol. The number of methoxy groups -OCH3 is 1. The summed E-state index contributed by atoms with van der Waals surface area (Å²) in [6.07, 6.45) is 5.13. The highest BCUT2D eigenvalue weighted by Crippen LogP contribution is 2.49. The van der Waals surface area contributed by atoms with Gasteiger partial charge in [-0.3, -0.25) is 9.69 Å². The standard InChI is InChI=1S/C29H34FN3O2/c1-19-27-26(23-11-10-22(35-2)16-25(23)31-27)29(18-33(19)17-21-6-3-4-9-24(21)30)12-14-32(15-13-29)28(34)20-7-5-8-20/h3-4,6,9-11,16,19-20,31H,5,7-8,12-15,17-18H2,1-2H3. The van der Waals surface area contributed by atoms with E-state index in [1.807, 2.05) is 18.2 Å². The largest absolute Gasteiger partial charge is 0.497 e. The number of aromatic amines is 1. The lowest BCUT2D eigenvalue weighted by Crippen LogP contribution is -2.54. The molecule has 1 saturated carbocycles. The number of ether oxygens (including phenoxy) is 1. The number of benzene rings is 2. The fourth-order valence-electron chi connectivity index (χ4n) is 6.51. The average molecular weight is 476 g/mol. The fourth-order valence-corrected chi connectivity index (χ4v) is 6.51. The number of fused-ring (bicyclic) bond motifs is 4. The Morgan fingerprint density at radius 3 is 2.63 bits per heavy atom. The second-order valence-corrected chi connectivity index (χ2v) is 10.7. The van der Waals surface area contributed by atoms with E-state index in [-0.39, 0.29) is 23.2 Å². The molecule has 5 nitrogen and oxygen atoms in total. The van der Waals surface area contributed by atoms with Gasteiger partial charge in [0.2, 0.25) is 5.91 Å². The number of carbonyl (C=O) groups excluding carboxylic acids is 1. The van der Waals surface area contributed by atoms with Gasteiger partial charge < -0.3 is 14.6 Å². The third-order valence-electron chi connectivity index (χ3n) is 8.85. The highest BCUT2D eigenvalue weighted by molar-refractivity contribution is 5.88. The molecule has 0 bridgehead atoms. The first-order valence-electron chi connectivity index (χ1n) is 13.0. The highest BCUT2D eigenvalue weighted by Gasteiger charge is 2.47. The van der Waals surface area contributed by atoms with Gasteiger partial charge in [-0.15, -0.1) is 0 Å². The van der Waals surface area contributed by atoms with Gasteiger partial charge in [0.1, 0.15) is 11.6 Å². The van der Waals surface area contributed by atoms with Crippen LogP contribution in [0.4, 0.5) is 4.39 Å². The molecular formula is C29H34FN3O2. The molecule has 0 radical (unpaired) electrons. The third kappa shape index (κ3) is 3.74. The quantitative estimate of drug-likeness (QED) is 0.538. The van der Waals surface area contributed by atoms with Gasteiger partial charge in [0.15, 0.2) is 0 Å². The number of hydrogen-bond acceptors (Lipinski definition) is 3. The predicted molar refractivity (Wildman–Crippen MR) is 135 cm³/mol. The Hall–Kier alpha value is -2.86. The maximum absolute atomic E-state index is 14.6. The van der Waals surface area contributed by atoms with Crippen molar-refractivity contribution in [3.8, 4) is 5.75 Å². The van der Waals surface area contributed by atoms with Crippen molar-refractivity contribution in [2.75, 3.05) is 26.7 Å². The monoisotopic (exact) mass is 475 g/mol. The number of H-pyrrole nitrogens is 1. The van der Waals surface area contributed by atoms with E-state index in [4.69, 9.17) is 4.74 Å². The third-order valence-corrected chi connectivity index (χ3v) is 8.85. The van der Waals surface area contributed by atoms with Crippen molar-refractivity contribution >= 4 is 16.8 Å². The number of piperidine rings is 1. The summed E-state index contributed by atoms with van der Waals surface area (Å²) in [5.74, 6) is 1.27. The predicted octanol–water partition coefficient (Wildman–Crippen LogP) is 5.55. The number of carbonyl (C=O) groups is 1. The molecule has 3 aliphatic rings. The lowest BCUT2D eigenvalue weighted by molar-refractivity contribution is -0.140. The summed E-state index contributed by atoms with van der Waals surface area (Å²) in [5.41, 5.74) is 4.35. The molecule has 6 heteroatoms. The summed E-state index contributed by atoms with van der Waals surface area (Å²) < 4.78 is 20.1. The summed E-state index contributed by atoms with van der Waals surface area (Å²) in [6.45, 7) is 5.23. The van der Waals surface area contributed by atoms with Crippen molar-refractivity contribution in [3.63, 3.8) is 0 Å². The van der Waals surface area contributed by atoms with Crippen molar-refractivity contribution in [1.82, 2.24) is 14.8 Å². The number of amides is 1. The van der Waals surface area contributed by atoms with Crippen LogP contribution in [0.2, 0.25) is 0 Å². The first-order chi connectivity index (χ1) is 17.0. The summed E-state index contributed by atoms with van der Waals surface area (Å²) in [5, 5.41) is 1.25. The van der Waals surface area contributed by atoms with Crippen LogP contribution >= 0.6 is 0 Å². The molecule has 35 heavy (non-hydrogen) atoms. The van der Waals surface area contributed by atoms with Crippen LogP contribution in [-0.2, 0) is 16.8 Å². The molecule has 3 aromatic rings. The van der Waals surface area contributed by atoms with Gasteiger partial charge in [0.05, 0.1) is 7.11 Å². The Kier molecular flexibility index (Phi) is 5.59. The summed E-state index contributed by atoms with van der Waals surface area (Å²) in [6, 6.07) is 13.5. The summed E-state index contributed by atoms with van der Waals surface area (Å²) >= 11 is 0. The maximum atomic E-state index is 14.6. The average Bonchev–Trinajstić information content (AvgIpc) is 3.23. The second kappa shape index (κ2) is 8.66. The van der Waals surface area contributed by atoms with Crippen LogP contribution in [0.1, 0.15) is 61.9 Å². The smallest absolute Gasteiger partial charge is 0.225 e. The van der Waals surface area contributed by atoms with E-state index < -0.39 is 0 Å². The van der Waals surface area contributed by atoms with Gasteiger partial charge in [0.25, 0.3) is 0 Å². The Morgan fingerprint density at radius 2 is 1.94 bits per heavy atom. The Labute approximate surface area is 206 Å². The lowest BCUT2D eigenvalue weighted by atomic mass is 9.68. The first kappa shape index (κ1) is 22.6. The van der Waals surface area contributed by atoms with E-state index >= 15 is 0 Å². The van der Waals surface area contributed by atoms with E-state index in [0.717, 1.165) is 62.1 Å². The van der Waals surface area contributed by atoms with E-state index in [9.17, 15) is 9.18 Å². The number of nitrogens with zero attached hydrogens (tertiary/aromatic N) is 2. The second-order valence-electron chi connectivity index (χ2n) is 10.7. The normalized spacial score (nSPS) is 22.3. The molecule has 1 aromatic heterocycles. The Morgan fingerprint density at radius 1 is 1.17 bits per heavy atom. The van der Waals surface area contributed by atoms with Gasteiger partial charge in [0, 0.05) is 71.8 Å². The summed E-state index contributed by atoms with van der Waals surface area (Å²) in [4.78, 5) is 21.2. The lowest BCUT2D eigenvalue weighted by Gasteiger charge is -2.50. The zero-order valence-electron chi connectivity index (χ0n) is 20.6. The van der Waals surface area contributed by atoms with E-state index in [1.54, 1.807) is 19.2 Å². The van der Waals surface area contributed by atoms with Crippen LogP contribution in [0.5, 0.6) is 5.75 Å². The molecule has 184 valence electrons. The molecule has 2 aromatic carbocycles. The molecule has 1 atom stereocenters. The number of halogens is 1. The number of aromatic nitrogens is 1. The van der Waals surface area contributed by atoms with Gasteiger partial charge in [-0.1, -0.05) is 24.6 Å². The molecule has 2 fully saturated rings. The van der Waals surface area contributed by atoms with Gasteiger partial charge in [-0.2, -0.15) is 0 Å². The minimum Gasteiger partial charge on any atom is -0.497 e. The first-order valence-corrected chi connectivity index (χ1v) is 13.0. The molecule has 1 unspecified atom stereocenters. The van der Waals surface area contributed by atoms with Gasteiger partial charge in [-0.05, 0) is 56.4 Å². The molecule has 6 rings (SSSR count). The molecule has 2 aliphatic heterocycles. The fraction of sp³-hybridized carbons (Fsp3) is 0.483. The van der Waals surface area contributed by atoms with Crippen molar-refractivity contribution in [2.24, 2.45) is 5.92 Å². The minimum absolute atomic E-state index is 0.0731. The SMILES string of the molecule is COc1ccc2c3c([nH]c2c1)C(C)N(Cc1ccccc1F)CC31CCN(C(=O)C2CCC2)CC1. The molecule has 1 aliphatic carbocycles.